The van der Waals surface area contributed by atoms with Gasteiger partial charge in [-0.15, -0.1) is 0 Å². The van der Waals surface area contributed by atoms with E-state index in [9.17, 15) is 27.9 Å². The summed E-state index contributed by atoms with van der Waals surface area (Å²) >= 11 is 0. The zero-order valence-electron chi connectivity index (χ0n) is 19.1. The number of amides is 1. The molecule has 0 saturated carbocycles. The van der Waals surface area contributed by atoms with Crippen molar-refractivity contribution < 1.29 is 84.1 Å². The molecule has 0 aromatic heterocycles. The molecule has 2 aromatic carbocycles. The Bertz CT molecular complexity index is 1050. The Morgan fingerprint density at radius 2 is 1.41 bits per heavy atom. The normalized spacial score (nSPS) is 9.85. The monoisotopic (exact) mass is 513 g/mol. The van der Waals surface area contributed by atoms with Gasteiger partial charge in [0.05, 0.1) is 33.3 Å². The van der Waals surface area contributed by atoms with Gasteiger partial charge in [-0.05, 0) is 57.2 Å². The number of nitrogens with one attached hydrogen (secondary N) is 1. The van der Waals surface area contributed by atoms with Crippen molar-refractivity contribution >= 4 is 27.7 Å². The van der Waals surface area contributed by atoms with Gasteiger partial charge in [0, 0.05) is 0 Å². The van der Waals surface area contributed by atoms with Crippen LogP contribution in [0.4, 0.5) is 0 Å². The minimum Gasteiger partial charge on any atom is -0.548 e. The van der Waals surface area contributed by atoms with Gasteiger partial charge in [-0.3, -0.25) is 9.59 Å². The topological polar surface area (TPSA) is 256 Å². The number of aliphatic carboxylic acids is 1. The van der Waals surface area contributed by atoms with Crippen LogP contribution in [0.3, 0.4) is 0 Å². The van der Waals surface area contributed by atoms with Crippen LogP contribution in [0.2, 0.25) is 0 Å². The van der Waals surface area contributed by atoms with Crippen molar-refractivity contribution in [1.82, 2.24) is 5.32 Å². The second-order valence-corrected chi connectivity index (χ2v) is 9.08. The predicted octanol–water partition coefficient (Wildman–Crippen LogP) is -5.34. The molecule has 0 aliphatic rings. The molecule has 0 fully saturated rings. The zero-order chi connectivity index (χ0) is 21.8. The van der Waals surface area contributed by atoms with Crippen LogP contribution in [-0.2, 0) is 19.4 Å². The SMILES string of the molecule is CC(C)(C)C(=O)Oc1ccc(S(=O)(=O)c2ccccc2C(=O)NCC(=O)[O-])cc1.O.O.O.O.[Na+]. The van der Waals surface area contributed by atoms with Crippen molar-refractivity contribution in [3.8, 4) is 5.75 Å². The summed E-state index contributed by atoms with van der Waals surface area (Å²) in [5.74, 6) is -2.64. The predicted molar refractivity (Wildman–Crippen MR) is 115 cm³/mol. The Balaban J connectivity index is -0.000000900. The van der Waals surface area contributed by atoms with Gasteiger partial charge < -0.3 is 41.9 Å². The summed E-state index contributed by atoms with van der Waals surface area (Å²) in [6.45, 7) is 4.32. The Hall–Kier alpha value is -2.36. The van der Waals surface area contributed by atoms with Crippen LogP contribution in [-0.4, -0.2) is 54.7 Å². The number of sulfone groups is 1. The van der Waals surface area contributed by atoms with Crippen molar-refractivity contribution in [3.63, 3.8) is 0 Å². The number of hydrogen-bond acceptors (Lipinski definition) is 7. The van der Waals surface area contributed by atoms with E-state index >= 15 is 0 Å². The van der Waals surface area contributed by atoms with Crippen molar-refractivity contribution in [2.45, 2.75) is 30.6 Å². The van der Waals surface area contributed by atoms with Crippen LogP contribution in [0.1, 0.15) is 31.1 Å². The molecular formula is C20H28NNaO11S. The Kier molecular flexibility index (Phi) is 17.8. The molecule has 0 aliphatic heterocycles. The molecule has 1 amide bonds. The van der Waals surface area contributed by atoms with Gasteiger partial charge in [-0.1, -0.05) is 12.1 Å². The van der Waals surface area contributed by atoms with Crippen LogP contribution >= 0.6 is 0 Å². The van der Waals surface area contributed by atoms with Crippen molar-refractivity contribution in [3.05, 3.63) is 54.1 Å². The summed E-state index contributed by atoms with van der Waals surface area (Å²) < 4.78 is 31.2. The fourth-order valence-corrected chi connectivity index (χ4v) is 3.67. The van der Waals surface area contributed by atoms with Gasteiger partial charge in [0.25, 0.3) is 5.91 Å². The average molecular weight is 513 g/mol. The van der Waals surface area contributed by atoms with Crippen LogP contribution in [0.25, 0.3) is 0 Å². The first-order chi connectivity index (χ1) is 13.4. The number of esters is 1. The molecule has 2 aromatic rings. The smallest absolute Gasteiger partial charge is 0.548 e. The maximum absolute atomic E-state index is 13.0. The molecule has 0 bridgehead atoms. The molecule has 186 valence electrons. The molecule has 0 unspecified atom stereocenters. The maximum Gasteiger partial charge on any atom is 1.00 e. The summed E-state index contributed by atoms with van der Waals surface area (Å²) in [5.41, 5.74) is -0.917. The van der Waals surface area contributed by atoms with Crippen LogP contribution < -0.4 is 44.7 Å². The maximum atomic E-state index is 13.0. The molecule has 12 nitrogen and oxygen atoms in total. The molecule has 0 heterocycles. The number of rotatable bonds is 6. The number of carboxylic acid groups (broad SMARTS) is 1. The summed E-state index contributed by atoms with van der Waals surface area (Å²) in [6, 6.07) is 10.6. The van der Waals surface area contributed by atoms with E-state index in [0.29, 0.717) is 0 Å². The number of carboxylic acids is 1. The molecule has 2 rings (SSSR count). The minimum absolute atomic E-state index is 0. The van der Waals surface area contributed by atoms with Gasteiger partial charge in [-0.25, -0.2) is 8.42 Å². The number of carbonyl (C=O) groups excluding carboxylic acids is 3. The standard InChI is InChI=1S/C20H21NO7S.Na.4H2O/c1-20(2,3)19(25)28-13-8-10-14(11-9-13)29(26,27)16-7-5-4-6-15(16)18(24)21-12-17(22)23;;;;;/h4-11H,12H2,1-3H3,(H,21,24)(H,22,23);;4*1H2/q;+1;;;;/p-1. The van der Waals surface area contributed by atoms with Gasteiger partial charge in [-0.2, -0.15) is 0 Å². The van der Waals surface area contributed by atoms with Crippen LogP contribution in [0.15, 0.2) is 58.3 Å². The van der Waals surface area contributed by atoms with Gasteiger partial charge in [0.1, 0.15) is 5.75 Å². The summed E-state index contributed by atoms with van der Waals surface area (Å²) in [7, 11) is -4.09. The van der Waals surface area contributed by atoms with E-state index in [0.717, 1.165) is 0 Å². The number of hydrogen-bond donors (Lipinski definition) is 1. The molecule has 14 heteroatoms. The van der Waals surface area contributed by atoms with Crippen LogP contribution in [0, 0.1) is 5.41 Å². The van der Waals surface area contributed by atoms with E-state index in [1.54, 1.807) is 20.8 Å². The molecule has 9 N–H and O–H groups in total. The third-order valence-electron chi connectivity index (χ3n) is 3.77. The molecule has 0 atom stereocenters. The van der Waals surface area contributed by atoms with E-state index in [4.69, 9.17) is 4.74 Å². The number of benzene rings is 2. The fraction of sp³-hybridized carbons (Fsp3) is 0.250. The van der Waals surface area contributed by atoms with E-state index < -0.39 is 39.6 Å². The van der Waals surface area contributed by atoms with Gasteiger partial charge in [0.15, 0.2) is 0 Å². The molecule has 0 radical (unpaired) electrons. The van der Waals surface area contributed by atoms with E-state index in [1.807, 2.05) is 0 Å². The van der Waals surface area contributed by atoms with E-state index in [2.05, 4.69) is 5.32 Å². The largest absolute Gasteiger partial charge is 1.00 e. The fourth-order valence-electron chi connectivity index (χ4n) is 2.21. The second-order valence-electron chi connectivity index (χ2n) is 7.17. The second kappa shape index (κ2) is 15.5. The van der Waals surface area contributed by atoms with E-state index in [-0.39, 0.29) is 72.6 Å². The zero-order valence-corrected chi connectivity index (χ0v) is 21.9. The minimum atomic E-state index is -4.09. The Morgan fingerprint density at radius 1 is 0.912 bits per heavy atom. The van der Waals surface area contributed by atoms with Crippen molar-refractivity contribution in [1.29, 1.82) is 0 Å². The Labute approximate surface area is 218 Å². The first-order valence-corrected chi connectivity index (χ1v) is 10.1. The first-order valence-electron chi connectivity index (χ1n) is 8.57. The quantitative estimate of drug-likeness (QED) is 0.222. The molecule has 0 saturated heterocycles. The number of carbonyl (C=O) groups is 3. The van der Waals surface area contributed by atoms with Gasteiger partial charge >= 0.3 is 35.5 Å². The summed E-state index contributed by atoms with van der Waals surface area (Å²) in [6.07, 6.45) is 0. The molecule has 0 spiro atoms. The molecular weight excluding hydrogens is 485 g/mol. The average Bonchev–Trinajstić information content (AvgIpc) is 2.65. The first kappa shape index (κ1) is 38.9. The summed E-state index contributed by atoms with van der Waals surface area (Å²) in [5, 5.41) is 12.6. The third-order valence-corrected chi connectivity index (χ3v) is 5.60. The van der Waals surface area contributed by atoms with Crippen LogP contribution in [0.5, 0.6) is 5.75 Å². The summed E-state index contributed by atoms with van der Waals surface area (Å²) in [4.78, 5) is 34.3. The van der Waals surface area contributed by atoms with Gasteiger partial charge in [0.2, 0.25) is 9.84 Å². The number of ether oxygens (including phenoxy) is 1. The van der Waals surface area contributed by atoms with E-state index in [1.165, 1.54) is 48.5 Å². The molecule has 0 aliphatic carbocycles. The Morgan fingerprint density at radius 3 is 1.88 bits per heavy atom. The molecule has 34 heavy (non-hydrogen) atoms. The van der Waals surface area contributed by atoms with Crippen molar-refractivity contribution in [2.75, 3.05) is 6.54 Å². The van der Waals surface area contributed by atoms with Crippen molar-refractivity contribution in [2.24, 2.45) is 5.41 Å². The third kappa shape index (κ3) is 9.87.